The van der Waals surface area contributed by atoms with Gasteiger partial charge in [-0.15, -0.1) is 5.10 Å². The number of methoxy groups -OCH3 is 2. The molecule has 142 valence electrons. The third-order valence-electron chi connectivity index (χ3n) is 4.17. The number of ether oxygens (including phenoxy) is 3. The molecule has 0 amide bonds. The maximum Gasteiger partial charge on any atom is 0.164 e. The summed E-state index contributed by atoms with van der Waals surface area (Å²) in [7, 11) is 3.04. The third-order valence-corrected chi connectivity index (χ3v) is 4.17. The van der Waals surface area contributed by atoms with Gasteiger partial charge in [0.2, 0.25) is 0 Å². The van der Waals surface area contributed by atoms with E-state index in [0.29, 0.717) is 23.8 Å². The van der Waals surface area contributed by atoms with Gasteiger partial charge in [0.15, 0.2) is 11.5 Å². The lowest BCUT2D eigenvalue weighted by Gasteiger charge is -2.14. The lowest BCUT2D eigenvalue weighted by atomic mass is 10.1. The second kappa shape index (κ2) is 8.44. The molecule has 0 saturated heterocycles. The summed E-state index contributed by atoms with van der Waals surface area (Å²) < 4.78 is 17.9. The Hall–Kier alpha value is -3.22. The molecule has 0 bridgehead atoms. The normalized spacial score (nSPS) is 10.6. The number of hydrogen-bond donors (Lipinski definition) is 1. The van der Waals surface area contributed by atoms with E-state index in [1.807, 2.05) is 24.3 Å². The van der Waals surface area contributed by atoms with Crippen molar-refractivity contribution in [2.45, 2.75) is 19.8 Å². The van der Waals surface area contributed by atoms with Crippen LogP contribution in [-0.4, -0.2) is 40.9 Å². The van der Waals surface area contributed by atoms with Crippen LogP contribution in [0.4, 0.5) is 0 Å². The first kappa shape index (κ1) is 18.6. The Morgan fingerprint density at radius 3 is 2.44 bits per heavy atom. The fourth-order valence-corrected chi connectivity index (χ4v) is 2.70. The van der Waals surface area contributed by atoms with Gasteiger partial charge in [0, 0.05) is 17.7 Å². The average Bonchev–Trinajstić information content (AvgIpc) is 3.18. The number of phenolic OH excluding ortho intramolecular Hbond substituents is 1. The Labute approximate surface area is 158 Å². The van der Waals surface area contributed by atoms with E-state index >= 15 is 0 Å². The molecule has 1 N–H and O–H groups in total. The van der Waals surface area contributed by atoms with E-state index < -0.39 is 0 Å². The van der Waals surface area contributed by atoms with E-state index in [0.717, 1.165) is 29.8 Å². The molecule has 7 nitrogen and oxygen atoms in total. The molecular formula is C20H23N3O4. The van der Waals surface area contributed by atoms with E-state index in [2.05, 4.69) is 17.2 Å². The van der Waals surface area contributed by atoms with Crippen molar-refractivity contribution < 1.29 is 19.3 Å². The monoisotopic (exact) mass is 369 g/mol. The first-order valence-electron chi connectivity index (χ1n) is 8.77. The van der Waals surface area contributed by atoms with Crippen LogP contribution in [-0.2, 0) is 0 Å². The highest BCUT2D eigenvalue weighted by atomic mass is 16.5. The number of rotatable bonds is 8. The van der Waals surface area contributed by atoms with Crippen LogP contribution >= 0.6 is 0 Å². The van der Waals surface area contributed by atoms with E-state index in [9.17, 15) is 5.11 Å². The van der Waals surface area contributed by atoms with Crippen LogP contribution in [0.5, 0.6) is 23.0 Å². The van der Waals surface area contributed by atoms with Crippen molar-refractivity contribution in [3.63, 3.8) is 0 Å². The van der Waals surface area contributed by atoms with E-state index in [1.165, 1.54) is 13.2 Å². The number of phenols is 1. The van der Waals surface area contributed by atoms with Crippen LogP contribution in [0.15, 0.2) is 42.6 Å². The van der Waals surface area contributed by atoms with Crippen molar-refractivity contribution in [2.24, 2.45) is 0 Å². The molecule has 27 heavy (non-hydrogen) atoms. The Bertz CT molecular complexity index is 891. The lowest BCUT2D eigenvalue weighted by molar-refractivity contribution is 0.309. The molecule has 3 aromatic rings. The Morgan fingerprint density at radius 1 is 1.04 bits per heavy atom. The molecule has 0 atom stereocenters. The fourth-order valence-electron chi connectivity index (χ4n) is 2.70. The van der Waals surface area contributed by atoms with Crippen LogP contribution in [0.1, 0.15) is 19.8 Å². The van der Waals surface area contributed by atoms with Gasteiger partial charge in [0.05, 0.1) is 32.7 Å². The first-order chi connectivity index (χ1) is 13.2. The third kappa shape index (κ3) is 3.97. The molecule has 1 aromatic heterocycles. The smallest absolute Gasteiger partial charge is 0.164 e. The highest BCUT2D eigenvalue weighted by molar-refractivity contribution is 5.65. The predicted molar refractivity (Wildman–Crippen MR) is 102 cm³/mol. The Kier molecular flexibility index (Phi) is 5.80. The summed E-state index contributed by atoms with van der Waals surface area (Å²) in [5.74, 6) is 1.65. The minimum atomic E-state index is -0.00516. The quantitative estimate of drug-likeness (QED) is 0.608. The molecule has 1 heterocycles. The van der Waals surface area contributed by atoms with Crippen molar-refractivity contribution in [1.29, 1.82) is 0 Å². The Balaban J connectivity index is 1.94. The molecule has 0 saturated carbocycles. The van der Waals surface area contributed by atoms with Crippen molar-refractivity contribution in [3.05, 3.63) is 42.6 Å². The molecule has 2 aromatic carbocycles. The van der Waals surface area contributed by atoms with Crippen LogP contribution in [0, 0.1) is 0 Å². The van der Waals surface area contributed by atoms with Crippen LogP contribution < -0.4 is 14.2 Å². The zero-order valence-electron chi connectivity index (χ0n) is 15.7. The summed E-state index contributed by atoms with van der Waals surface area (Å²) >= 11 is 0. The van der Waals surface area contributed by atoms with Gasteiger partial charge in [0.25, 0.3) is 0 Å². The molecule has 0 aliphatic carbocycles. The minimum Gasteiger partial charge on any atom is -0.504 e. The summed E-state index contributed by atoms with van der Waals surface area (Å²) in [6.45, 7) is 2.84. The lowest BCUT2D eigenvalue weighted by Crippen LogP contribution is -2.03. The molecular weight excluding hydrogens is 346 g/mol. The van der Waals surface area contributed by atoms with Crippen molar-refractivity contribution in [3.8, 4) is 39.9 Å². The summed E-state index contributed by atoms with van der Waals surface area (Å²) in [6, 6.07) is 10.9. The van der Waals surface area contributed by atoms with Gasteiger partial charge in [0.1, 0.15) is 17.2 Å². The van der Waals surface area contributed by atoms with Gasteiger partial charge < -0.3 is 19.3 Å². The summed E-state index contributed by atoms with van der Waals surface area (Å²) in [4.78, 5) is 0. The van der Waals surface area contributed by atoms with Crippen LogP contribution in [0.3, 0.4) is 0 Å². The maximum absolute atomic E-state index is 10.2. The molecule has 7 heteroatoms. The van der Waals surface area contributed by atoms with Gasteiger partial charge in [-0.2, -0.15) is 0 Å². The molecule has 0 unspecified atom stereocenters. The van der Waals surface area contributed by atoms with Gasteiger partial charge in [-0.3, -0.25) is 0 Å². The van der Waals surface area contributed by atoms with E-state index in [1.54, 1.807) is 24.1 Å². The maximum atomic E-state index is 10.2. The van der Waals surface area contributed by atoms with Crippen molar-refractivity contribution in [2.75, 3.05) is 20.8 Å². The van der Waals surface area contributed by atoms with E-state index in [-0.39, 0.29) is 5.75 Å². The number of hydrogen-bond acceptors (Lipinski definition) is 6. The number of aromatic nitrogens is 3. The van der Waals surface area contributed by atoms with Crippen LogP contribution in [0.25, 0.3) is 16.9 Å². The molecule has 0 spiro atoms. The molecule has 0 aliphatic heterocycles. The number of nitrogens with zero attached hydrogens (tertiary/aromatic N) is 3. The fraction of sp³-hybridized carbons (Fsp3) is 0.300. The Morgan fingerprint density at radius 2 is 1.78 bits per heavy atom. The summed E-state index contributed by atoms with van der Waals surface area (Å²) in [5, 5.41) is 18.3. The highest BCUT2D eigenvalue weighted by Crippen LogP contribution is 2.37. The number of benzene rings is 2. The van der Waals surface area contributed by atoms with Gasteiger partial charge in [-0.25, -0.2) is 4.68 Å². The minimum absolute atomic E-state index is 0.00516. The topological polar surface area (TPSA) is 78.6 Å². The van der Waals surface area contributed by atoms with Crippen molar-refractivity contribution >= 4 is 0 Å². The van der Waals surface area contributed by atoms with E-state index in [4.69, 9.17) is 14.2 Å². The summed E-state index contributed by atoms with van der Waals surface area (Å²) in [6.07, 6.45) is 3.78. The second-order valence-corrected chi connectivity index (χ2v) is 5.95. The predicted octanol–water partition coefficient (Wildman–Crippen LogP) is 3.84. The average molecular weight is 369 g/mol. The number of unbranched alkanes of at least 4 members (excludes halogenated alkanes) is 1. The first-order valence-corrected chi connectivity index (χ1v) is 8.77. The van der Waals surface area contributed by atoms with Crippen molar-refractivity contribution in [1.82, 2.24) is 15.0 Å². The van der Waals surface area contributed by atoms with Gasteiger partial charge in [-0.05, 0) is 30.7 Å². The van der Waals surface area contributed by atoms with Gasteiger partial charge >= 0.3 is 0 Å². The second-order valence-electron chi connectivity index (χ2n) is 5.95. The van der Waals surface area contributed by atoms with Gasteiger partial charge in [-0.1, -0.05) is 18.6 Å². The summed E-state index contributed by atoms with van der Waals surface area (Å²) in [5.41, 5.74) is 2.24. The molecule has 0 fully saturated rings. The SMILES string of the molecule is CCCCOc1ccc(-c2cnnn2-c2cc(O)c(OC)cc2OC)cc1. The largest absolute Gasteiger partial charge is 0.504 e. The molecule has 3 rings (SSSR count). The van der Waals surface area contributed by atoms with Crippen LogP contribution in [0.2, 0.25) is 0 Å². The molecule has 0 radical (unpaired) electrons. The standard InChI is InChI=1S/C20H23N3O4/c1-4-5-10-27-15-8-6-14(7-9-15)17-13-21-22-23(17)16-11-18(24)20(26-3)12-19(16)25-2/h6-9,11-13,24H,4-5,10H2,1-3H3. The zero-order valence-corrected chi connectivity index (χ0v) is 15.7. The molecule has 0 aliphatic rings. The zero-order chi connectivity index (χ0) is 19.2. The highest BCUT2D eigenvalue weighted by Gasteiger charge is 2.17. The number of aromatic hydroxyl groups is 1.